The van der Waals surface area contributed by atoms with E-state index in [9.17, 15) is 4.79 Å². The van der Waals surface area contributed by atoms with E-state index in [1.165, 1.54) is 12.8 Å². The zero-order valence-corrected chi connectivity index (χ0v) is 10.6. The van der Waals surface area contributed by atoms with Gasteiger partial charge in [0.05, 0.1) is 6.61 Å². The van der Waals surface area contributed by atoms with Crippen molar-refractivity contribution in [1.29, 1.82) is 0 Å². The van der Waals surface area contributed by atoms with Crippen LogP contribution in [-0.2, 0) is 9.53 Å². The predicted octanol–water partition coefficient (Wildman–Crippen LogP) is -0.425. The average molecular weight is 241 g/mol. The Morgan fingerprint density at radius 2 is 2.35 bits per heavy atom. The van der Waals surface area contributed by atoms with Crippen molar-refractivity contribution in [2.45, 2.75) is 31.9 Å². The van der Waals surface area contributed by atoms with Crippen LogP contribution in [0.3, 0.4) is 0 Å². The number of ether oxygens (including phenoxy) is 1. The summed E-state index contributed by atoms with van der Waals surface area (Å²) >= 11 is 0. The molecule has 0 radical (unpaired) electrons. The van der Waals surface area contributed by atoms with Crippen LogP contribution in [0.5, 0.6) is 0 Å². The number of nitrogens with one attached hydrogen (secondary N) is 2. The van der Waals surface area contributed by atoms with Gasteiger partial charge in [-0.05, 0) is 19.4 Å². The number of hydrogen-bond donors (Lipinski definition) is 2. The maximum atomic E-state index is 11.8. The minimum absolute atomic E-state index is 0.0176. The second kappa shape index (κ2) is 6.33. The first-order valence-corrected chi connectivity index (χ1v) is 6.65. The number of nitrogens with zero attached hydrogens (tertiary/aromatic N) is 1. The fourth-order valence-electron chi connectivity index (χ4n) is 2.21. The molecule has 1 unspecified atom stereocenters. The second-order valence-electron chi connectivity index (χ2n) is 4.71. The van der Waals surface area contributed by atoms with Gasteiger partial charge in [-0.25, -0.2) is 0 Å². The maximum absolute atomic E-state index is 11.8. The minimum atomic E-state index is -0.306. The van der Waals surface area contributed by atoms with Gasteiger partial charge in [-0.3, -0.25) is 9.69 Å². The maximum Gasteiger partial charge on any atom is 0.250 e. The van der Waals surface area contributed by atoms with E-state index in [-0.39, 0.29) is 12.0 Å². The first-order chi connectivity index (χ1) is 8.31. The quantitative estimate of drug-likeness (QED) is 0.663. The number of rotatable bonds is 6. The predicted molar refractivity (Wildman–Crippen MR) is 65.9 cm³/mol. The molecule has 1 saturated heterocycles. The molecule has 1 atom stereocenters. The largest absolute Gasteiger partial charge is 0.366 e. The Balaban J connectivity index is 1.61. The molecule has 5 nitrogen and oxygen atoms in total. The van der Waals surface area contributed by atoms with Gasteiger partial charge in [0.25, 0.3) is 5.91 Å². The van der Waals surface area contributed by atoms with Crippen LogP contribution >= 0.6 is 0 Å². The van der Waals surface area contributed by atoms with E-state index in [0.29, 0.717) is 13.2 Å². The van der Waals surface area contributed by atoms with Crippen molar-refractivity contribution in [3.8, 4) is 0 Å². The Morgan fingerprint density at radius 1 is 1.53 bits per heavy atom. The summed E-state index contributed by atoms with van der Waals surface area (Å²) in [5.41, 5.74) is 0. The molecule has 0 aromatic heterocycles. The van der Waals surface area contributed by atoms with Crippen molar-refractivity contribution in [2.24, 2.45) is 0 Å². The topological polar surface area (TPSA) is 53.6 Å². The van der Waals surface area contributed by atoms with Gasteiger partial charge in [0.15, 0.2) is 0 Å². The molecule has 98 valence electrons. The van der Waals surface area contributed by atoms with E-state index in [2.05, 4.69) is 22.5 Å². The molecule has 17 heavy (non-hydrogen) atoms. The third kappa shape index (κ3) is 3.94. The molecular formula is C12H23N3O2. The Labute approximate surface area is 103 Å². The lowest BCUT2D eigenvalue weighted by atomic mass is 10.3. The van der Waals surface area contributed by atoms with Gasteiger partial charge in [-0.1, -0.05) is 6.92 Å². The van der Waals surface area contributed by atoms with E-state index in [1.54, 1.807) is 0 Å². The van der Waals surface area contributed by atoms with Gasteiger partial charge >= 0.3 is 0 Å². The second-order valence-corrected chi connectivity index (χ2v) is 4.71. The number of morpholine rings is 1. The third-order valence-electron chi connectivity index (χ3n) is 3.39. The van der Waals surface area contributed by atoms with Crippen molar-refractivity contribution in [1.82, 2.24) is 15.5 Å². The summed E-state index contributed by atoms with van der Waals surface area (Å²) in [5, 5.41) is 6.11. The Bertz CT molecular complexity index is 250. The Kier molecular flexibility index (Phi) is 4.76. The van der Waals surface area contributed by atoms with E-state index in [0.717, 1.165) is 32.2 Å². The van der Waals surface area contributed by atoms with Crippen molar-refractivity contribution < 1.29 is 9.53 Å². The fraction of sp³-hybridized carbons (Fsp3) is 0.917. The van der Waals surface area contributed by atoms with Gasteiger partial charge in [0.1, 0.15) is 6.10 Å². The summed E-state index contributed by atoms with van der Waals surface area (Å²) in [5.74, 6) is 0.0176. The lowest BCUT2D eigenvalue weighted by Gasteiger charge is -2.24. The highest BCUT2D eigenvalue weighted by Crippen LogP contribution is 2.25. The molecule has 0 spiro atoms. The highest BCUT2D eigenvalue weighted by molar-refractivity contribution is 5.81. The van der Waals surface area contributed by atoms with Gasteiger partial charge in [0.2, 0.25) is 0 Å². The molecule has 2 rings (SSSR count). The van der Waals surface area contributed by atoms with Crippen LogP contribution in [0.1, 0.15) is 19.8 Å². The Hall–Kier alpha value is -0.650. The number of likely N-dealkylation sites (N-methyl/N-ethyl adjacent to an activating group) is 1. The molecule has 0 bridgehead atoms. The summed E-state index contributed by atoms with van der Waals surface area (Å²) in [7, 11) is 0. The lowest BCUT2D eigenvalue weighted by molar-refractivity contribution is -0.134. The number of carbonyl (C=O) groups is 1. The molecular weight excluding hydrogens is 218 g/mol. The molecule has 5 heteroatoms. The van der Waals surface area contributed by atoms with Crippen LogP contribution in [0.2, 0.25) is 0 Å². The standard InChI is InChI=1S/C12H23N3O2/c1-2-15(10-3-4-10)7-5-14-12(16)11-9-13-6-8-17-11/h10-11,13H,2-9H2,1H3,(H,14,16). The molecule has 1 aliphatic heterocycles. The monoisotopic (exact) mass is 241 g/mol. The molecule has 1 saturated carbocycles. The normalized spacial score (nSPS) is 24.9. The molecule has 1 heterocycles. The number of hydrogen-bond acceptors (Lipinski definition) is 4. The third-order valence-corrected chi connectivity index (χ3v) is 3.39. The smallest absolute Gasteiger partial charge is 0.250 e. The van der Waals surface area contributed by atoms with E-state index in [1.807, 2.05) is 0 Å². The van der Waals surface area contributed by atoms with Crippen LogP contribution in [0, 0.1) is 0 Å². The zero-order chi connectivity index (χ0) is 12.1. The molecule has 2 fully saturated rings. The van der Waals surface area contributed by atoms with Gasteiger partial charge < -0.3 is 15.4 Å². The van der Waals surface area contributed by atoms with Crippen LogP contribution in [0.4, 0.5) is 0 Å². The molecule has 1 amide bonds. The average Bonchev–Trinajstić information content (AvgIpc) is 3.20. The Morgan fingerprint density at radius 3 is 2.94 bits per heavy atom. The van der Waals surface area contributed by atoms with Crippen molar-refractivity contribution in [3.05, 3.63) is 0 Å². The summed E-state index contributed by atoms with van der Waals surface area (Å²) in [4.78, 5) is 14.2. The summed E-state index contributed by atoms with van der Waals surface area (Å²) < 4.78 is 5.40. The molecule has 1 aliphatic carbocycles. The highest BCUT2D eigenvalue weighted by Gasteiger charge is 2.27. The summed E-state index contributed by atoms with van der Waals surface area (Å²) in [6.07, 6.45) is 2.33. The first-order valence-electron chi connectivity index (χ1n) is 6.65. The van der Waals surface area contributed by atoms with Crippen LogP contribution in [-0.4, -0.2) is 62.3 Å². The van der Waals surface area contributed by atoms with E-state index < -0.39 is 0 Å². The van der Waals surface area contributed by atoms with Gasteiger partial charge in [-0.2, -0.15) is 0 Å². The number of amides is 1. The van der Waals surface area contributed by atoms with Crippen LogP contribution < -0.4 is 10.6 Å². The molecule has 0 aromatic rings. The summed E-state index contributed by atoms with van der Waals surface area (Å²) in [6, 6.07) is 0.768. The molecule has 0 aromatic carbocycles. The SMILES string of the molecule is CCN(CCNC(=O)C1CNCCO1)C1CC1. The minimum Gasteiger partial charge on any atom is -0.366 e. The molecule has 2 aliphatic rings. The molecule has 2 N–H and O–H groups in total. The van der Waals surface area contributed by atoms with E-state index >= 15 is 0 Å². The van der Waals surface area contributed by atoms with E-state index in [4.69, 9.17) is 4.74 Å². The van der Waals surface area contributed by atoms with Crippen molar-refractivity contribution in [3.63, 3.8) is 0 Å². The summed E-state index contributed by atoms with van der Waals surface area (Å²) in [6.45, 7) is 7.02. The zero-order valence-electron chi connectivity index (χ0n) is 10.6. The first kappa shape index (κ1) is 12.8. The van der Waals surface area contributed by atoms with Crippen LogP contribution in [0.25, 0.3) is 0 Å². The van der Waals surface area contributed by atoms with Crippen LogP contribution in [0.15, 0.2) is 0 Å². The van der Waals surface area contributed by atoms with Gasteiger partial charge in [-0.15, -0.1) is 0 Å². The fourth-order valence-corrected chi connectivity index (χ4v) is 2.21. The van der Waals surface area contributed by atoms with Crippen molar-refractivity contribution >= 4 is 5.91 Å². The van der Waals surface area contributed by atoms with Crippen molar-refractivity contribution in [2.75, 3.05) is 39.3 Å². The highest BCUT2D eigenvalue weighted by atomic mass is 16.5. The number of carbonyl (C=O) groups excluding carboxylic acids is 1. The van der Waals surface area contributed by atoms with Gasteiger partial charge in [0, 0.05) is 32.2 Å². The lowest BCUT2D eigenvalue weighted by Crippen LogP contribution is -2.49.